The standard InChI is InChI=1S/C38H34FN3O2/c39-30-17-15-27(16-18-30)34-13-7-8-14-35(34)37(43)40-32-19-21-33(22-20-32)42-25-23-29(24-26-42)36(28-9-3-1-4-10-28)38(44)41-31-11-5-2-6-12-31/h1-22,29,36H,23-26H2,(H,40,43)(H,41,44). The molecule has 0 spiro atoms. The third-order valence-corrected chi connectivity index (χ3v) is 8.31. The minimum atomic E-state index is -0.315. The van der Waals surface area contributed by atoms with Crippen molar-refractivity contribution in [2.24, 2.45) is 5.92 Å². The second-order valence-electron chi connectivity index (χ2n) is 11.1. The maximum Gasteiger partial charge on any atom is 0.256 e. The van der Waals surface area contributed by atoms with Crippen LogP contribution in [0.2, 0.25) is 0 Å². The Bertz CT molecular complexity index is 1700. The number of anilines is 3. The number of hydrogen-bond acceptors (Lipinski definition) is 3. The molecule has 220 valence electrons. The third-order valence-electron chi connectivity index (χ3n) is 8.31. The fraction of sp³-hybridized carbons (Fsp3) is 0.158. The van der Waals surface area contributed by atoms with E-state index < -0.39 is 0 Å². The average molecular weight is 584 g/mol. The summed E-state index contributed by atoms with van der Waals surface area (Å²) in [6.45, 7) is 1.67. The molecular formula is C38H34FN3O2. The molecule has 2 N–H and O–H groups in total. The van der Waals surface area contributed by atoms with Crippen molar-refractivity contribution >= 4 is 28.9 Å². The highest BCUT2D eigenvalue weighted by molar-refractivity contribution is 6.08. The summed E-state index contributed by atoms with van der Waals surface area (Å²) < 4.78 is 13.4. The second-order valence-corrected chi connectivity index (χ2v) is 11.1. The zero-order chi connectivity index (χ0) is 30.3. The van der Waals surface area contributed by atoms with Crippen LogP contribution in [-0.4, -0.2) is 24.9 Å². The van der Waals surface area contributed by atoms with Crippen LogP contribution in [0, 0.1) is 11.7 Å². The Kier molecular flexibility index (Phi) is 8.78. The summed E-state index contributed by atoms with van der Waals surface area (Å²) in [5.41, 5.74) is 5.68. The summed E-state index contributed by atoms with van der Waals surface area (Å²) in [7, 11) is 0. The average Bonchev–Trinajstić information content (AvgIpc) is 3.07. The van der Waals surface area contributed by atoms with Crippen LogP contribution in [0.25, 0.3) is 11.1 Å². The Balaban J connectivity index is 1.10. The van der Waals surface area contributed by atoms with E-state index in [9.17, 15) is 14.0 Å². The highest BCUT2D eigenvalue weighted by Crippen LogP contribution is 2.35. The first kappa shape index (κ1) is 28.9. The normalized spacial score (nSPS) is 14.1. The minimum Gasteiger partial charge on any atom is -0.372 e. The molecule has 6 rings (SSSR count). The van der Waals surface area contributed by atoms with Crippen LogP contribution in [0.3, 0.4) is 0 Å². The lowest BCUT2D eigenvalue weighted by atomic mass is 9.79. The van der Waals surface area contributed by atoms with Gasteiger partial charge in [0.25, 0.3) is 5.91 Å². The van der Waals surface area contributed by atoms with E-state index in [1.807, 2.05) is 103 Å². The molecule has 1 aliphatic heterocycles. The van der Waals surface area contributed by atoms with Crippen molar-refractivity contribution in [1.29, 1.82) is 0 Å². The number of amides is 2. The van der Waals surface area contributed by atoms with E-state index in [1.54, 1.807) is 18.2 Å². The van der Waals surface area contributed by atoms with Gasteiger partial charge in [-0.2, -0.15) is 0 Å². The van der Waals surface area contributed by atoms with Crippen molar-refractivity contribution in [3.8, 4) is 11.1 Å². The smallest absolute Gasteiger partial charge is 0.256 e. The van der Waals surface area contributed by atoms with Crippen molar-refractivity contribution in [1.82, 2.24) is 0 Å². The zero-order valence-electron chi connectivity index (χ0n) is 24.3. The molecule has 0 saturated carbocycles. The fourth-order valence-corrected chi connectivity index (χ4v) is 6.05. The number of carbonyl (C=O) groups is 2. The van der Waals surface area contributed by atoms with E-state index in [2.05, 4.69) is 15.5 Å². The molecule has 5 aromatic carbocycles. The lowest BCUT2D eigenvalue weighted by Crippen LogP contribution is -2.38. The number of hydrogen-bond donors (Lipinski definition) is 2. The van der Waals surface area contributed by atoms with E-state index >= 15 is 0 Å². The summed E-state index contributed by atoms with van der Waals surface area (Å²) >= 11 is 0. The number of nitrogens with zero attached hydrogens (tertiary/aromatic N) is 1. The van der Waals surface area contributed by atoms with Gasteiger partial charge in [-0.05, 0) is 90.0 Å². The zero-order valence-corrected chi connectivity index (χ0v) is 24.3. The molecule has 0 aliphatic carbocycles. The van der Waals surface area contributed by atoms with Gasteiger partial charge in [0, 0.05) is 35.7 Å². The molecule has 5 aromatic rings. The molecule has 0 aromatic heterocycles. The number of rotatable bonds is 8. The molecule has 1 fully saturated rings. The number of para-hydroxylation sites is 1. The van der Waals surface area contributed by atoms with Gasteiger partial charge in [0.15, 0.2) is 0 Å². The highest BCUT2D eigenvalue weighted by Gasteiger charge is 2.33. The van der Waals surface area contributed by atoms with Gasteiger partial charge in [-0.3, -0.25) is 9.59 Å². The monoisotopic (exact) mass is 583 g/mol. The number of carbonyl (C=O) groups excluding carboxylic acids is 2. The van der Waals surface area contributed by atoms with Gasteiger partial charge in [0.2, 0.25) is 5.91 Å². The van der Waals surface area contributed by atoms with Crippen LogP contribution in [0.5, 0.6) is 0 Å². The number of benzene rings is 5. The SMILES string of the molecule is O=C(Nc1ccc(N2CCC(C(C(=O)Nc3ccccc3)c3ccccc3)CC2)cc1)c1ccccc1-c1ccc(F)cc1. The van der Waals surface area contributed by atoms with E-state index in [-0.39, 0.29) is 29.5 Å². The van der Waals surface area contributed by atoms with Crippen molar-refractivity contribution in [2.75, 3.05) is 28.6 Å². The predicted molar refractivity (Wildman–Crippen MR) is 175 cm³/mol. The number of piperidine rings is 1. The van der Waals surface area contributed by atoms with Gasteiger partial charge in [-0.15, -0.1) is 0 Å². The molecule has 1 atom stereocenters. The van der Waals surface area contributed by atoms with Crippen molar-refractivity contribution in [3.05, 3.63) is 150 Å². The molecule has 6 heteroatoms. The molecule has 5 nitrogen and oxygen atoms in total. The molecular weight excluding hydrogens is 549 g/mol. The Hall–Kier alpha value is -5.23. The lowest BCUT2D eigenvalue weighted by Gasteiger charge is -2.37. The Morgan fingerprint density at radius 3 is 1.93 bits per heavy atom. The highest BCUT2D eigenvalue weighted by atomic mass is 19.1. The summed E-state index contributed by atoms with van der Waals surface area (Å²) in [6, 6.07) is 41.0. The first-order valence-corrected chi connectivity index (χ1v) is 15.0. The van der Waals surface area contributed by atoms with Gasteiger partial charge in [0.1, 0.15) is 5.82 Å². The van der Waals surface area contributed by atoms with Gasteiger partial charge < -0.3 is 15.5 Å². The minimum absolute atomic E-state index is 0.0296. The Labute approximate surface area is 257 Å². The first-order chi connectivity index (χ1) is 21.5. The van der Waals surface area contributed by atoms with Crippen LogP contribution in [0.15, 0.2) is 133 Å². The van der Waals surface area contributed by atoms with Crippen molar-refractivity contribution < 1.29 is 14.0 Å². The summed E-state index contributed by atoms with van der Waals surface area (Å²) in [5.74, 6) is -0.517. The number of nitrogens with one attached hydrogen (secondary N) is 2. The van der Waals surface area contributed by atoms with E-state index in [1.165, 1.54) is 12.1 Å². The van der Waals surface area contributed by atoms with E-state index in [4.69, 9.17) is 0 Å². The fourth-order valence-electron chi connectivity index (χ4n) is 6.05. The van der Waals surface area contributed by atoms with Crippen LogP contribution in [0.1, 0.15) is 34.7 Å². The van der Waals surface area contributed by atoms with Crippen molar-refractivity contribution in [2.45, 2.75) is 18.8 Å². The van der Waals surface area contributed by atoms with E-state index in [0.717, 1.165) is 54.0 Å². The van der Waals surface area contributed by atoms with Gasteiger partial charge in [-0.1, -0.05) is 78.9 Å². The second kappa shape index (κ2) is 13.4. The van der Waals surface area contributed by atoms with Gasteiger partial charge in [0.05, 0.1) is 5.92 Å². The Morgan fingerprint density at radius 2 is 1.25 bits per heavy atom. The summed E-state index contributed by atoms with van der Waals surface area (Å²) in [6.07, 6.45) is 1.78. The topological polar surface area (TPSA) is 61.4 Å². The van der Waals surface area contributed by atoms with Crippen LogP contribution >= 0.6 is 0 Å². The molecule has 1 aliphatic rings. The molecule has 1 saturated heterocycles. The molecule has 44 heavy (non-hydrogen) atoms. The van der Waals surface area contributed by atoms with Crippen LogP contribution < -0.4 is 15.5 Å². The first-order valence-electron chi connectivity index (χ1n) is 15.0. The summed E-state index contributed by atoms with van der Waals surface area (Å²) in [4.78, 5) is 29.1. The Morgan fingerprint density at radius 1 is 0.659 bits per heavy atom. The molecule has 0 radical (unpaired) electrons. The third kappa shape index (κ3) is 6.70. The van der Waals surface area contributed by atoms with Crippen molar-refractivity contribution in [3.63, 3.8) is 0 Å². The quantitative estimate of drug-likeness (QED) is 0.193. The van der Waals surface area contributed by atoms with Crippen LogP contribution in [0.4, 0.5) is 21.5 Å². The molecule has 1 heterocycles. The van der Waals surface area contributed by atoms with E-state index in [0.29, 0.717) is 11.3 Å². The summed E-state index contributed by atoms with van der Waals surface area (Å²) in [5, 5.41) is 6.13. The van der Waals surface area contributed by atoms with Gasteiger partial charge in [-0.25, -0.2) is 4.39 Å². The van der Waals surface area contributed by atoms with Crippen LogP contribution in [-0.2, 0) is 4.79 Å². The largest absolute Gasteiger partial charge is 0.372 e. The van der Waals surface area contributed by atoms with Gasteiger partial charge >= 0.3 is 0 Å². The maximum absolute atomic E-state index is 13.5. The molecule has 0 bridgehead atoms. The predicted octanol–water partition coefficient (Wildman–Crippen LogP) is 8.38. The number of halogens is 1. The molecule has 1 unspecified atom stereocenters. The molecule has 2 amide bonds. The lowest BCUT2D eigenvalue weighted by molar-refractivity contribution is -0.119. The maximum atomic E-state index is 13.5.